The first-order valence-electron chi connectivity index (χ1n) is 19.4. The molecule has 2 aliphatic rings. The molecular weight excluding hydrogens is 688 g/mol. The molecule has 8 rings (SSSR count). The highest BCUT2D eigenvalue weighted by Gasteiger charge is 2.46. The summed E-state index contributed by atoms with van der Waals surface area (Å²) in [6.45, 7) is 8.60. The molecular formula is C48H50B2N2P2+2. The summed E-state index contributed by atoms with van der Waals surface area (Å²) >= 11 is 0. The maximum Gasteiger partial charge on any atom is 0.377 e. The summed E-state index contributed by atoms with van der Waals surface area (Å²) in [5, 5.41) is 13.5. The van der Waals surface area contributed by atoms with E-state index in [1.54, 1.807) is 0 Å². The molecule has 6 heteroatoms. The SMILES string of the molecule is [B][P+](C[C@@H]1Cc2ccccc2[C@@H]([C@H]2N[C@H](C[P+]([B])(c3ccc(C)cc3)c3ccc(C)cc3)Cc3ccccc32)N1)(c1ccc(C)cc1)c1ccc(C)cc1. The minimum Gasteiger partial charge on any atom is -0.302 e. The molecule has 2 aliphatic heterocycles. The largest absolute Gasteiger partial charge is 0.377 e. The van der Waals surface area contributed by atoms with Crippen LogP contribution in [0.25, 0.3) is 0 Å². The molecule has 0 fully saturated rings. The molecule has 0 saturated heterocycles. The van der Waals surface area contributed by atoms with Crippen LogP contribution in [0.4, 0.5) is 0 Å². The van der Waals surface area contributed by atoms with Crippen LogP contribution in [-0.4, -0.2) is 39.5 Å². The van der Waals surface area contributed by atoms with Gasteiger partial charge >= 0.3 is 15.1 Å². The Morgan fingerprint density at radius 1 is 0.426 bits per heavy atom. The van der Waals surface area contributed by atoms with Crippen LogP contribution in [0, 0.1) is 27.7 Å². The molecule has 0 spiro atoms. The lowest BCUT2D eigenvalue weighted by Crippen LogP contribution is -2.52. The minimum atomic E-state index is -2.24. The lowest BCUT2D eigenvalue weighted by molar-refractivity contribution is 0.300. The van der Waals surface area contributed by atoms with Crippen LogP contribution in [-0.2, 0) is 12.8 Å². The van der Waals surface area contributed by atoms with Gasteiger partial charge in [-0.15, -0.1) is 0 Å². The van der Waals surface area contributed by atoms with Gasteiger partial charge in [-0.3, -0.25) is 0 Å². The average Bonchev–Trinajstić information content (AvgIpc) is 3.18. The number of nitrogens with one attached hydrogen (secondary N) is 2. The standard InChI is InChI=1S/C48H50B2N2P2/c1-33-13-21-41(22-14-33)53(49,42-23-15-34(2)16-24-42)31-39-29-37-9-5-7-11-45(37)47(51-39)48-46-12-8-6-10-38(46)30-40(52-48)32-54(50,43-25-17-35(3)18-26-43)44-27-19-36(4)20-28-44/h5-28,39-40,47-48,51-52H,29-32H2,1-4H3/q+2/t39-,40-,47-,48-/m0/s1. The van der Waals surface area contributed by atoms with Gasteiger partial charge in [-0.1, -0.05) is 119 Å². The molecule has 0 bridgehead atoms. The zero-order valence-corrected chi connectivity index (χ0v) is 33.8. The van der Waals surface area contributed by atoms with Crippen molar-refractivity contribution in [3.05, 3.63) is 190 Å². The molecule has 0 amide bonds. The van der Waals surface area contributed by atoms with E-state index in [0.29, 0.717) is 0 Å². The zero-order valence-electron chi connectivity index (χ0n) is 32.0. The van der Waals surface area contributed by atoms with Crippen LogP contribution in [0.3, 0.4) is 0 Å². The molecule has 266 valence electrons. The first-order chi connectivity index (χ1) is 26.1. The fourth-order valence-electron chi connectivity index (χ4n) is 8.83. The van der Waals surface area contributed by atoms with E-state index in [2.05, 4.69) is 184 Å². The summed E-state index contributed by atoms with van der Waals surface area (Å²) in [7, 11) is 11.0. The second kappa shape index (κ2) is 15.4. The normalized spacial score (nSPS) is 19.9. The van der Waals surface area contributed by atoms with Crippen molar-refractivity contribution in [3.63, 3.8) is 0 Å². The second-order valence-electron chi connectivity index (χ2n) is 15.9. The van der Waals surface area contributed by atoms with E-state index in [0.717, 1.165) is 25.2 Å². The van der Waals surface area contributed by atoms with E-state index in [4.69, 9.17) is 15.1 Å². The van der Waals surface area contributed by atoms with Gasteiger partial charge in [0.05, 0.1) is 45.6 Å². The van der Waals surface area contributed by atoms with Crippen LogP contribution in [0.1, 0.15) is 56.6 Å². The lowest BCUT2D eigenvalue weighted by Gasteiger charge is -2.44. The molecule has 0 saturated carbocycles. The summed E-state index contributed by atoms with van der Waals surface area (Å²) in [6.07, 6.45) is 3.64. The molecule has 6 aromatic carbocycles. The van der Waals surface area contributed by atoms with Crippen LogP contribution in [0.5, 0.6) is 0 Å². The van der Waals surface area contributed by atoms with Crippen LogP contribution in [0.15, 0.2) is 146 Å². The van der Waals surface area contributed by atoms with Crippen molar-refractivity contribution in [2.45, 2.75) is 64.7 Å². The Balaban J connectivity index is 1.16. The number of fused-ring (bicyclic) bond motifs is 2. The first kappa shape index (κ1) is 37.2. The molecule has 0 unspecified atom stereocenters. The summed E-state index contributed by atoms with van der Waals surface area (Å²) in [4.78, 5) is 0. The van der Waals surface area contributed by atoms with Crippen molar-refractivity contribution in [1.29, 1.82) is 0 Å². The zero-order chi connectivity index (χ0) is 37.5. The maximum atomic E-state index is 7.76. The Morgan fingerprint density at radius 2 is 0.704 bits per heavy atom. The molecule has 0 aliphatic carbocycles. The van der Waals surface area contributed by atoms with Crippen molar-refractivity contribution in [2.24, 2.45) is 0 Å². The number of hydrogen-bond donors (Lipinski definition) is 2. The van der Waals surface area contributed by atoms with Crippen molar-refractivity contribution in [2.75, 3.05) is 12.3 Å². The number of aryl methyl sites for hydroxylation is 4. The fraction of sp³-hybridized carbons (Fsp3) is 0.250. The number of hydrogen-bond acceptors (Lipinski definition) is 2. The summed E-state index contributed by atoms with van der Waals surface area (Å²) in [5.41, 5.74) is 10.6. The van der Waals surface area contributed by atoms with Crippen molar-refractivity contribution < 1.29 is 0 Å². The Kier molecular flexibility index (Phi) is 10.6. The highest BCUT2D eigenvalue weighted by atomic mass is 31.2. The fourth-order valence-corrected chi connectivity index (χ4v) is 14.9. The van der Waals surface area contributed by atoms with E-state index in [1.807, 2.05) is 0 Å². The topological polar surface area (TPSA) is 24.1 Å². The Morgan fingerprint density at radius 3 is 1.00 bits per heavy atom. The Labute approximate surface area is 327 Å². The number of rotatable bonds is 9. The van der Waals surface area contributed by atoms with E-state index in [-0.39, 0.29) is 24.2 Å². The molecule has 0 aromatic heterocycles. The Hall–Kier alpha value is -3.77. The van der Waals surface area contributed by atoms with Gasteiger partial charge in [0.2, 0.25) is 0 Å². The molecule has 2 N–H and O–H groups in total. The third-order valence-corrected chi connectivity index (χ3v) is 18.8. The molecule has 4 atom stereocenters. The highest BCUT2D eigenvalue weighted by molar-refractivity contribution is 8.09. The van der Waals surface area contributed by atoms with Gasteiger partial charge < -0.3 is 10.6 Å². The van der Waals surface area contributed by atoms with E-state index < -0.39 is 14.3 Å². The Bertz CT molecular complexity index is 1970. The van der Waals surface area contributed by atoms with Gasteiger partial charge in [0, 0.05) is 26.4 Å². The average molecular weight is 739 g/mol. The highest BCUT2D eigenvalue weighted by Crippen LogP contribution is 2.55. The van der Waals surface area contributed by atoms with Crippen molar-refractivity contribution >= 4 is 50.6 Å². The van der Waals surface area contributed by atoms with Gasteiger partial charge in [-0.05, 0) is 111 Å². The summed E-state index contributed by atoms with van der Waals surface area (Å²) in [5.74, 6) is 0. The predicted molar refractivity (Wildman–Crippen MR) is 238 cm³/mol. The molecule has 4 radical (unpaired) electrons. The quantitative estimate of drug-likeness (QED) is 0.116. The molecule has 54 heavy (non-hydrogen) atoms. The summed E-state index contributed by atoms with van der Waals surface area (Å²) in [6, 6.07) is 54.5. The van der Waals surface area contributed by atoms with Gasteiger partial charge in [0.25, 0.3) is 0 Å². The molecule has 2 heterocycles. The number of benzene rings is 6. The smallest absolute Gasteiger partial charge is 0.302 e. The third kappa shape index (κ3) is 7.44. The van der Waals surface area contributed by atoms with Crippen LogP contribution >= 0.6 is 14.3 Å². The maximum absolute atomic E-state index is 7.76. The van der Waals surface area contributed by atoms with Gasteiger partial charge in [0.1, 0.15) is 0 Å². The second-order valence-corrected chi connectivity index (χ2v) is 22.2. The molecule has 6 aromatic rings. The monoisotopic (exact) mass is 738 g/mol. The van der Waals surface area contributed by atoms with Crippen LogP contribution in [0.2, 0.25) is 0 Å². The summed E-state index contributed by atoms with van der Waals surface area (Å²) < 4.78 is 0. The first-order valence-corrected chi connectivity index (χ1v) is 23.5. The molecule has 2 nitrogen and oxygen atoms in total. The predicted octanol–water partition coefficient (Wildman–Crippen LogP) is 8.24. The van der Waals surface area contributed by atoms with Gasteiger partial charge in [-0.2, -0.15) is 0 Å². The van der Waals surface area contributed by atoms with Crippen molar-refractivity contribution in [1.82, 2.24) is 10.6 Å². The third-order valence-electron chi connectivity index (χ3n) is 11.9. The van der Waals surface area contributed by atoms with E-state index in [9.17, 15) is 0 Å². The van der Waals surface area contributed by atoms with E-state index >= 15 is 0 Å². The lowest BCUT2D eigenvalue weighted by atomic mass is 9.80. The van der Waals surface area contributed by atoms with Crippen LogP contribution < -0.4 is 31.9 Å². The van der Waals surface area contributed by atoms with Crippen molar-refractivity contribution in [3.8, 4) is 0 Å². The van der Waals surface area contributed by atoms with E-state index in [1.165, 1.54) is 65.7 Å². The van der Waals surface area contributed by atoms with Gasteiger partial charge in [-0.25, -0.2) is 0 Å². The van der Waals surface area contributed by atoms with Gasteiger partial charge in [0.15, 0.2) is 0 Å². The minimum absolute atomic E-state index is 0.0673.